The first-order valence-electron chi connectivity index (χ1n) is 4.63. The van der Waals surface area contributed by atoms with Crippen molar-refractivity contribution in [2.24, 2.45) is 5.73 Å². The van der Waals surface area contributed by atoms with E-state index < -0.39 is 0 Å². The summed E-state index contributed by atoms with van der Waals surface area (Å²) in [4.78, 5) is 13.2. The fraction of sp³-hybridized carbons (Fsp3) is 0.875. The van der Waals surface area contributed by atoms with E-state index in [0.717, 1.165) is 19.6 Å². The maximum atomic E-state index is 11.1. The minimum atomic E-state index is 0.0559. The monoisotopic (exact) mass is 186 g/mol. The summed E-state index contributed by atoms with van der Waals surface area (Å²) in [5.74, 6) is 0.0559. The smallest absolute Gasteiger partial charge is 0.233 e. The van der Waals surface area contributed by atoms with E-state index >= 15 is 0 Å². The van der Waals surface area contributed by atoms with Gasteiger partial charge < -0.3 is 16.4 Å². The summed E-state index contributed by atoms with van der Waals surface area (Å²) >= 11 is 0. The van der Waals surface area contributed by atoms with Crippen LogP contribution in [0.5, 0.6) is 0 Å². The summed E-state index contributed by atoms with van der Waals surface area (Å²) in [6.07, 6.45) is 0. The second-order valence-electron chi connectivity index (χ2n) is 3.24. The Morgan fingerprint density at radius 3 is 3.15 bits per heavy atom. The predicted molar refractivity (Wildman–Crippen MR) is 51.4 cm³/mol. The molecule has 5 nitrogen and oxygen atoms in total. The van der Waals surface area contributed by atoms with Crippen molar-refractivity contribution in [3.63, 3.8) is 0 Å². The van der Waals surface area contributed by atoms with Crippen LogP contribution >= 0.6 is 0 Å². The highest BCUT2D eigenvalue weighted by Crippen LogP contribution is 2.00. The van der Waals surface area contributed by atoms with Crippen molar-refractivity contribution in [1.29, 1.82) is 0 Å². The van der Waals surface area contributed by atoms with Crippen LogP contribution < -0.4 is 16.4 Å². The summed E-state index contributed by atoms with van der Waals surface area (Å²) < 4.78 is 0. The van der Waals surface area contributed by atoms with Gasteiger partial charge in [0.25, 0.3) is 0 Å². The normalized spacial score (nSPS) is 24.3. The minimum Gasteiger partial charge on any atom is -0.358 e. The van der Waals surface area contributed by atoms with Gasteiger partial charge in [0, 0.05) is 39.3 Å². The Hall–Kier alpha value is -0.650. The average Bonchev–Trinajstić information content (AvgIpc) is 2.18. The maximum absolute atomic E-state index is 11.1. The second-order valence-corrected chi connectivity index (χ2v) is 3.24. The van der Waals surface area contributed by atoms with Gasteiger partial charge in [-0.05, 0) is 0 Å². The molecule has 1 rings (SSSR count). The molecule has 0 aromatic heterocycles. The van der Waals surface area contributed by atoms with E-state index in [4.69, 9.17) is 5.73 Å². The maximum Gasteiger partial charge on any atom is 0.233 e. The molecule has 1 aliphatic rings. The lowest BCUT2D eigenvalue weighted by atomic mass is 10.2. The van der Waals surface area contributed by atoms with Crippen LogP contribution in [-0.4, -0.2) is 56.6 Å². The number of rotatable bonds is 3. The van der Waals surface area contributed by atoms with E-state index in [0.29, 0.717) is 19.1 Å². The molecule has 1 unspecified atom stereocenters. The number of piperazine rings is 1. The van der Waals surface area contributed by atoms with Crippen LogP contribution in [0.2, 0.25) is 0 Å². The zero-order chi connectivity index (χ0) is 9.68. The Kier molecular flexibility index (Phi) is 4.14. The van der Waals surface area contributed by atoms with Gasteiger partial charge in [0.05, 0.1) is 6.54 Å². The first kappa shape index (κ1) is 10.4. The second kappa shape index (κ2) is 5.16. The lowest BCUT2D eigenvalue weighted by Gasteiger charge is -2.34. The standard InChI is InChI=1S/C8H18N4O/c1-10-8(13)6-12-3-2-11-5-7(12)4-9/h7,11H,2-6,9H2,1H3,(H,10,13). The molecule has 1 fully saturated rings. The highest BCUT2D eigenvalue weighted by atomic mass is 16.1. The number of likely N-dealkylation sites (N-methyl/N-ethyl adjacent to an activating group) is 1. The van der Waals surface area contributed by atoms with Gasteiger partial charge in [0.15, 0.2) is 0 Å². The van der Waals surface area contributed by atoms with Gasteiger partial charge in [0.1, 0.15) is 0 Å². The van der Waals surface area contributed by atoms with Crippen LogP contribution in [0.15, 0.2) is 0 Å². The Morgan fingerprint density at radius 2 is 2.54 bits per heavy atom. The van der Waals surface area contributed by atoms with Gasteiger partial charge >= 0.3 is 0 Å². The molecule has 5 heteroatoms. The molecule has 0 saturated carbocycles. The first-order valence-corrected chi connectivity index (χ1v) is 4.63. The molecule has 13 heavy (non-hydrogen) atoms. The molecule has 4 N–H and O–H groups in total. The molecular weight excluding hydrogens is 168 g/mol. The molecule has 0 aromatic rings. The highest BCUT2D eigenvalue weighted by Gasteiger charge is 2.21. The Bertz CT molecular complexity index is 174. The Balaban J connectivity index is 2.40. The van der Waals surface area contributed by atoms with Crippen molar-refractivity contribution < 1.29 is 4.79 Å². The van der Waals surface area contributed by atoms with Crippen LogP contribution in [-0.2, 0) is 4.79 Å². The van der Waals surface area contributed by atoms with Crippen molar-refractivity contribution >= 4 is 5.91 Å². The summed E-state index contributed by atoms with van der Waals surface area (Å²) in [6, 6.07) is 0.297. The molecule has 1 heterocycles. The van der Waals surface area contributed by atoms with Crippen LogP contribution in [0.25, 0.3) is 0 Å². The van der Waals surface area contributed by atoms with Crippen LogP contribution in [0.3, 0.4) is 0 Å². The Morgan fingerprint density at radius 1 is 1.77 bits per heavy atom. The van der Waals surface area contributed by atoms with E-state index in [1.54, 1.807) is 7.05 Å². The summed E-state index contributed by atoms with van der Waals surface area (Å²) in [6.45, 7) is 3.78. The average molecular weight is 186 g/mol. The fourth-order valence-electron chi connectivity index (χ4n) is 1.51. The number of carbonyl (C=O) groups excluding carboxylic acids is 1. The predicted octanol–water partition coefficient (Wildman–Crippen LogP) is -2.04. The molecule has 1 aliphatic heterocycles. The number of nitrogens with zero attached hydrogens (tertiary/aromatic N) is 1. The highest BCUT2D eigenvalue weighted by molar-refractivity contribution is 5.77. The zero-order valence-corrected chi connectivity index (χ0v) is 8.05. The molecule has 0 aliphatic carbocycles. The van der Waals surface area contributed by atoms with E-state index in [1.165, 1.54) is 0 Å². The SMILES string of the molecule is CNC(=O)CN1CCNCC1CN. The van der Waals surface area contributed by atoms with Crippen LogP contribution in [0.1, 0.15) is 0 Å². The van der Waals surface area contributed by atoms with Gasteiger partial charge in [-0.15, -0.1) is 0 Å². The fourth-order valence-corrected chi connectivity index (χ4v) is 1.51. The Labute approximate surface area is 78.6 Å². The molecule has 1 amide bonds. The zero-order valence-electron chi connectivity index (χ0n) is 8.05. The van der Waals surface area contributed by atoms with Gasteiger partial charge in [-0.2, -0.15) is 0 Å². The summed E-state index contributed by atoms with van der Waals surface area (Å²) in [7, 11) is 1.65. The molecule has 1 saturated heterocycles. The molecule has 1 atom stereocenters. The van der Waals surface area contributed by atoms with Crippen LogP contribution in [0, 0.1) is 0 Å². The van der Waals surface area contributed by atoms with E-state index in [-0.39, 0.29) is 5.91 Å². The third-order valence-electron chi connectivity index (χ3n) is 2.37. The van der Waals surface area contributed by atoms with Gasteiger partial charge in [-0.25, -0.2) is 0 Å². The van der Waals surface area contributed by atoms with Crippen molar-refractivity contribution in [2.45, 2.75) is 6.04 Å². The molecular formula is C8H18N4O. The van der Waals surface area contributed by atoms with E-state index in [2.05, 4.69) is 15.5 Å². The summed E-state index contributed by atoms with van der Waals surface area (Å²) in [5.41, 5.74) is 5.60. The lowest BCUT2D eigenvalue weighted by Crippen LogP contribution is -2.56. The minimum absolute atomic E-state index is 0.0559. The number of hydrogen-bond donors (Lipinski definition) is 3. The van der Waals surface area contributed by atoms with E-state index in [9.17, 15) is 4.79 Å². The third kappa shape index (κ3) is 2.95. The number of carbonyl (C=O) groups is 1. The number of nitrogens with two attached hydrogens (primary N) is 1. The topological polar surface area (TPSA) is 70.4 Å². The quantitative estimate of drug-likeness (QED) is 0.475. The first-order chi connectivity index (χ1) is 6.27. The number of hydrogen-bond acceptors (Lipinski definition) is 4. The summed E-state index contributed by atoms with van der Waals surface area (Å²) in [5, 5.41) is 5.87. The van der Waals surface area contributed by atoms with Gasteiger partial charge in [-0.3, -0.25) is 9.69 Å². The van der Waals surface area contributed by atoms with Crippen LogP contribution in [0.4, 0.5) is 0 Å². The van der Waals surface area contributed by atoms with Crippen molar-refractivity contribution in [3.05, 3.63) is 0 Å². The van der Waals surface area contributed by atoms with Crippen molar-refractivity contribution in [2.75, 3.05) is 39.8 Å². The molecule has 0 spiro atoms. The number of nitrogens with one attached hydrogen (secondary N) is 2. The van der Waals surface area contributed by atoms with Crippen molar-refractivity contribution in [3.8, 4) is 0 Å². The van der Waals surface area contributed by atoms with Gasteiger partial charge in [0.2, 0.25) is 5.91 Å². The number of amides is 1. The molecule has 0 radical (unpaired) electrons. The van der Waals surface area contributed by atoms with Crippen molar-refractivity contribution in [1.82, 2.24) is 15.5 Å². The third-order valence-corrected chi connectivity index (χ3v) is 2.37. The largest absolute Gasteiger partial charge is 0.358 e. The van der Waals surface area contributed by atoms with E-state index in [1.807, 2.05) is 0 Å². The van der Waals surface area contributed by atoms with Gasteiger partial charge in [-0.1, -0.05) is 0 Å². The molecule has 0 bridgehead atoms. The molecule has 76 valence electrons. The molecule has 0 aromatic carbocycles. The lowest BCUT2D eigenvalue weighted by molar-refractivity contribution is -0.122.